The lowest BCUT2D eigenvalue weighted by Crippen LogP contribution is -2.29. The number of aliphatic hydroxyl groups is 1. The first-order chi connectivity index (χ1) is 21.4. The molecule has 0 radical (unpaired) electrons. The van der Waals surface area contributed by atoms with Gasteiger partial charge in [0.1, 0.15) is 5.82 Å². The van der Waals surface area contributed by atoms with Crippen LogP contribution in [0.2, 0.25) is 5.02 Å². The second-order valence-electron chi connectivity index (χ2n) is 10.2. The number of alkyl halides is 3. The van der Waals surface area contributed by atoms with Crippen LogP contribution in [0.1, 0.15) is 22.5 Å². The van der Waals surface area contributed by atoms with E-state index in [4.69, 9.17) is 16.6 Å². The van der Waals surface area contributed by atoms with Crippen molar-refractivity contribution < 1.29 is 26.7 Å². The van der Waals surface area contributed by atoms with Gasteiger partial charge in [-0.15, -0.1) is 0 Å². The zero-order valence-corrected chi connectivity index (χ0v) is 24.9. The van der Waals surface area contributed by atoms with E-state index in [9.17, 15) is 26.7 Å². The quantitative estimate of drug-likeness (QED) is 0.187. The van der Waals surface area contributed by atoms with Gasteiger partial charge in [-0.3, -0.25) is 0 Å². The number of imidazole rings is 1. The number of benzene rings is 4. The molecule has 0 amide bonds. The molecule has 0 spiro atoms. The molecular weight excluding hydrogens is 625 g/mol. The van der Waals surface area contributed by atoms with Crippen LogP contribution in [-0.2, 0) is 22.9 Å². The summed E-state index contributed by atoms with van der Waals surface area (Å²) in [4.78, 5) is 4.82. The van der Waals surface area contributed by atoms with E-state index in [1.165, 1.54) is 6.07 Å². The van der Waals surface area contributed by atoms with Crippen LogP contribution in [0.3, 0.4) is 0 Å². The van der Waals surface area contributed by atoms with Gasteiger partial charge in [0.05, 0.1) is 23.1 Å². The SMILES string of the molecule is O=S1(=O)NC(O)=CN1c1ccc(Cn2cc(-c3ccc(Cl)cc3)nc2C=Cc2ccc(-c3cccc(C(F)(F)F)c3)cc2)cc1. The van der Waals surface area contributed by atoms with E-state index >= 15 is 0 Å². The summed E-state index contributed by atoms with van der Waals surface area (Å²) in [5.74, 6) is 0.180. The number of hydrogen-bond acceptors (Lipinski definition) is 4. The number of aliphatic hydroxyl groups excluding tert-OH is 1. The van der Waals surface area contributed by atoms with Gasteiger partial charge in [0.25, 0.3) is 0 Å². The minimum atomic E-state index is -4.42. The number of rotatable bonds is 7. The Hall–Kier alpha value is -5.00. The third kappa shape index (κ3) is 6.74. The maximum absolute atomic E-state index is 13.2. The molecule has 5 aromatic rings. The molecule has 1 aromatic heterocycles. The number of halogens is 4. The van der Waals surface area contributed by atoms with E-state index in [0.29, 0.717) is 34.2 Å². The largest absolute Gasteiger partial charge is 0.493 e. The van der Waals surface area contributed by atoms with Gasteiger partial charge in [-0.1, -0.05) is 78.3 Å². The third-order valence-corrected chi connectivity index (χ3v) is 8.64. The predicted octanol–water partition coefficient (Wildman–Crippen LogP) is 8.12. The van der Waals surface area contributed by atoms with Crippen LogP contribution in [0.15, 0.2) is 115 Å². The molecule has 2 N–H and O–H groups in total. The average molecular weight is 649 g/mol. The standard InChI is InChI=1S/C33H24ClF3N4O3S/c34-28-13-11-25(12-14-28)30-20-40(19-23-6-15-29(16-7-23)41-21-32(42)39-45(41,43)44)31(38-30)17-8-22-4-9-24(10-5-22)26-2-1-3-27(18-26)33(35,36)37/h1-18,20-21,39,42H,19H2. The first kappa shape index (κ1) is 30.0. The molecule has 2 heterocycles. The molecule has 12 heteroatoms. The monoisotopic (exact) mass is 648 g/mol. The Morgan fingerprint density at radius 2 is 1.56 bits per heavy atom. The molecule has 0 bridgehead atoms. The third-order valence-electron chi connectivity index (χ3n) is 7.08. The molecule has 0 atom stereocenters. The van der Waals surface area contributed by atoms with E-state index in [1.54, 1.807) is 54.6 Å². The summed E-state index contributed by atoms with van der Waals surface area (Å²) < 4.78 is 68.9. The van der Waals surface area contributed by atoms with Gasteiger partial charge in [0.15, 0.2) is 0 Å². The zero-order chi connectivity index (χ0) is 31.8. The number of nitrogens with one attached hydrogen (secondary N) is 1. The number of nitrogens with zero attached hydrogens (tertiary/aromatic N) is 3. The lowest BCUT2D eigenvalue weighted by atomic mass is 10.0. The van der Waals surface area contributed by atoms with Crippen LogP contribution in [0.25, 0.3) is 34.5 Å². The highest BCUT2D eigenvalue weighted by molar-refractivity contribution is 7.91. The summed E-state index contributed by atoms with van der Waals surface area (Å²) in [5, 5.41) is 10.2. The van der Waals surface area contributed by atoms with Gasteiger partial charge in [-0.2, -0.15) is 21.6 Å². The van der Waals surface area contributed by atoms with Crippen molar-refractivity contribution in [2.75, 3.05) is 4.31 Å². The molecule has 0 aliphatic carbocycles. The van der Waals surface area contributed by atoms with Crippen molar-refractivity contribution in [1.29, 1.82) is 0 Å². The first-order valence-electron chi connectivity index (χ1n) is 13.6. The first-order valence-corrected chi connectivity index (χ1v) is 15.4. The highest BCUT2D eigenvalue weighted by Gasteiger charge is 2.30. The molecule has 4 aromatic carbocycles. The van der Waals surface area contributed by atoms with Crippen molar-refractivity contribution in [3.05, 3.63) is 143 Å². The molecule has 1 aliphatic heterocycles. The van der Waals surface area contributed by atoms with Crippen LogP contribution in [0.4, 0.5) is 18.9 Å². The van der Waals surface area contributed by atoms with Gasteiger partial charge in [0, 0.05) is 23.3 Å². The highest BCUT2D eigenvalue weighted by atomic mass is 35.5. The Bertz CT molecular complexity index is 2020. The van der Waals surface area contributed by atoms with E-state index in [-0.39, 0.29) is 0 Å². The fraction of sp³-hybridized carbons (Fsp3) is 0.0606. The zero-order valence-electron chi connectivity index (χ0n) is 23.3. The molecule has 0 saturated carbocycles. The molecule has 1 aliphatic rings. The van der Waals surface area contributed by atoms with Crippen LogP contribution in [-0.4, -0.2) is 23.1 Å². The molecule has 0 unspecified atom stereocenters. The minimum absolute atomic E-state index is 0.358. The molecule has 6 rings (SSSR count). The number of aromatic nitrogens is 2. The fourth-order valence-electron chi connectivity index (χ4n) is 4.83. The molecule has 0 saturated heterocycles. The van der Waals surface area contributed by atoms with Crippen molar-refractivity contribution in [1.82, 2.24) is 14.3 Å². The minimum Gasteiger partial charge on any atom is -0.493 e. The van der Waals surface area contributed by atoms with Gasteiger partial charge >= 0.3 is 16.4 Å². The average Bonchev–Trinajstić information content (AvgIpc) is 3.54. The van der Waals surface area contributed by atoms with E-state index in [0.717, 1.165) is 45.0 Å². The van der Waals surface area contributed by atoms with E-state index in [1.807, 2.05) is 51.9 Å². The summed E-state index contributed by atoms with van der Waals surface area (Å²) in [6.07, 6.45) is 2.30. The summed E-state index contributed by atoms with van der Waals surface area (Å²) in [5.41, 5.74) is 4.08. The van der Waals surface area contributed by atoms with Crippen molar-refractivity contribution in [2.24, 2.45) is 0 Å². The van der Waals surface area contributed by atoms with Crippen LogP contribution >= 0.6 is 11.6 Å². The van der Waals surface area contributed by atoms with Crippen molar-refractivity contribution in [3.8, 4) is 22.4 Å². The molecule has 7 nitrogen and oxygen atoms in total. The lowest BCUT2D eigenvalue weighted by Gasteiger charge is -2.14. The summed E-state index contributed by atoms with van der Waals surface area (Å²) in [7, 11) is -3.90. The second kappa shape index (κ2) is 11.8. The maximum Gasteiger partial charge on any atom is 0.416 e. The normalized spacial score (nSPS) is 14.5. The smallest absolute Gasteiger partial charge is 0.416 e. The van der Waals surface area contributed by atoms with Crippen molar-refractivity contribution in [3.63, 3.8) is 0 Å². The van der Waals surface area contributed by atoms with Gasteiger partial charge < -0.3 is 9.67 Å². The Morgan fingerprint density at radius 1 is 0.867 bits per heavy atom. The van der Waals surface area contributed by atoms with Gasteiger partial charge in [-0.05, 0) is 64.7 Å². The van der Waals surface area contributed by atoms with E-state index < -0.39 is 27.8 Å². The molecule has 45 heavy (non-hydrogen) atoms. The fourth-order valence-corrected chi connectivity index (χ4v) is 6.01. The molecule has 0 fully saturated rings. The van der Waals surface area contributed by atoms with Crippen molar-refractivity contribution in [2.45, 2.75) is 12.7 Å². The highest BCUT2D eigenvalue weighted by Crippen LogP contribution is 2.32. The van der Waals surface area contributed by atoms with E-state index in [2.05, 4.69) is 0 Å². The Labute approximate surface area is 262 Å². The summed E-state index contributed by atoms with van der Waals surface area (Å²) in [6.45, 7) is 0.418. The predicted molar refractivity (Wildman–Crippen MR) is 169 cm³/mol. The Kier molecular flexibility index (Phi) is 7.90. The van der Waals surface area contributed by atoms with Crippen LogP contribution in [0.5, 0.6) is 0 Å². The van der Waals surface area contributed by atoms with Crippen molar-refractivity contribution >= 4 is 39.6 Å². The maximum atomic E-state index is 13.2. The topological polar surface area (TPSA) is 87.5 Å². The lowest BCUT2D eigenvalue weighted by molar-refractivity contribution is -0.137. The van der Waals surface area contributed by atoms with Gasteiger partial charge in [-0.25, -0.2) is 14.0 Å². The van der Waals surface area contributed by atoms with Gasteiger partial charge in [0.2, 0.25) is 5.88 Å². The Balaban J connectivity index is 1.26. The second-order valence-corrected chi connectivity index (χ2v) is 12.2. The summed E-state index contributed by atoms with van der Waals surface area (Å²) >= 11 is 6.07. The summed E-state index contributed by atoms with van der Waals surface area (Å²) in [6, 6.07) is 26.6. The number of anilines is 1. The Morgan fingerprint density at radius 3 is 2.20 bits per heavy atom. The molecule has 228 valence electrons. The van der Waals surface area contributed by atoms with Crippen LogP contribution in [0, 0.1) is 0 Å². The molecular formula is C33H24ClF3N4O3S. The van der Waals surface area contributed by atoms with Crippen LogP contribution < -0.4 is 9.03 Å². The number of hydrogen-bond donors (Lipinski definition) is 2.